The van der Waals surface area contributed by atoms with Crippen molar-refractivity contribution in [3.8, 4) is 0 Å². The van der Waals surface area contributed by atoms with Gasteiger partial charge in [-0.2, -0.15) is 18.3 Å². The largest absolute Gasteiger partial charge is 0.416 e. The van der Waals surface area contributed by atoms with Gasteiger partial charge in [-0.15, -0.1) is 0 Å². The Hall–Kier alpha value is -3.94. The first-order valence-corrected chi connectivity index (χ1v) is 12.7. The molecule has 3 aromatic carbocycles. The number of aryl methyl sites for hydroxylation is 2. The second-order valence-electron chi connectivity index (χ2n) is 10.0. The molecule has 0 spiro atoms. The summed E-state index contributed by atoms with van der Waals surface area (Å²) in [7, 11) is 0. The van der Waals surface area contributed by atoms with Gasteiger partial charge < -0.3 is 0 Å². The molecule has 0 saturated heterocycles. The van der Waals surface area contributed by atoms with Gasteiger partial charge in [-0.05, 0) is 73.2 Å². The first-order chi connectivity index (χ1) is 18.1. The molecule has 2 amide bonds. The first-order valence-electron chi connectivity index (χ1n) is 12.7. The Labute approximate surface area is 219 Å². The molecule has 1 fully saturated rings. The molecule has 0 radical (unpaired) electrons. The summed E-state index contributed by atoms with van der Waals surface area (Å²) in [5, 5.41) is 4.45. The van der Waals surface area contributed by atoms with Crippen molar-refractivity contribution in [2.45, 2.75) is 51.6 Å². The van der Waals surface area contributed by atoms with E-state index in [1.807, 2.05) is 26.0 Å². The first kappa shape index (κ1) is 25.7. The molecule has 1 unspecified atom stereocenters. The number of carbonyl (C=O) groups is 2. The maximum atomic E-state index is 14.1. The van der Waals surface area contributed by atoms with E-state index in [2.05, 4.69) is 10.5 Å². The quantitative estimate of drug-likeness (QED) is 0.298. The number of nitrogens with one attached hydrogen (secondary N) is 1. The fraction of sp³-hybridized carbons (Fsp3) is 0.300. The summed E-state index contributed by atoms with van der Waals surface area (Å²) in [6, 6.07) is 17.8. The number of rotatable bonds is 5. The van der Waals surface area contributed by atoms with E-state index in [4.69, 9.17) is 0 Å². The number of amides is 2. The maximum Gasteiger partial charge on any atom is 0.416 e. The zero-order valence-electron chi connectivity index (χ0n) is 21.2. The number of carbonyl (C=O) groups excluding carboxylic acids is 2. The monoisotopic (exact) mass is 519 g/mol. The maximum absolute atomic E-state index is 14.1. The molecule has 5 nitrogen and oxygen atoms in total. The van der Waals surface area contributed by atoms with Crippen molar-refractivity contribution in [2.75, 3.05) is 4.90 Å². The second-order valence-corrected chi connectivity index (χ2v) is 10.0. The number of nitrogens with zero attached hydrogens (tertiary/aromatic N) is 2. The van der Waals surface area contributed by atoms with Crippen molar-refractivity contribution < 1.29 is 22.8 Å². The number of fused-ring (bicyclic) bond motifs is 1. The van der Waals surface area contributed by atoms with Gasteiger partial charge in [0.05, 0.1) is 17.0 Å². The third-order valence-electron chi connectivity index (χ3n) is 7.20. The van der Waals surface area contributed by atoms with Crippen molar-refractivity contribution in [1.29, 1.82) is 0 Å². The molecule has 1 atom stereocenters. The number of benzene rings is 3. The normalized spacial score (nSPS) is 18.1. The summed E-state index contributed by atoms with van der Waals surface area (Å²) in [4.78, 5) is 28.3. The summed E-state index contributed by atoms with van der Waals surface area (Å²) < 4.78 is 41.1. The van der Waals surface area contributed by atoms with Gasteiger partial charge in [0.1, 0.15) is 5.92 Å². The number of hydrogen-bond donors (Lipinski definition) is 1. The molecule has 3 aromatic rings. The van der Waals surface area contributed by atoms with Gasteiger partial charge in [0.15, 0.2) is 0 Å². The summed E-state index contributed by atoms with van der Waals surface area (Å²) in [6.07, 6.45) is -1.04. The van der Waals surface area contributed by atoms with Crippen LogP contribution >= 0.6 is 0 Å². The fourth-order valence-electron chi connectivity index (χ4n) is 5.45. The Bertz CT molecular complexity index is 1390. The Morgan fingerprint density at radius 1 is 0.947 bits per heavy atom. The lowest BCUT2D eigenvalue weighted by Gasteiger charge is -2.21. The molecule has 196 valence electrons. The average molecular weight is 520 g/mol. The van der Waals surface area contributed by atoms with Gasteiger partial charge in [-0.3, -0.25) is 14.5 Å². The van der Waals surface area contributed by atoms with Gasteiger partial charge in [-0.25, -0.2) is 5.43 Å². The molecule has 1 saturated carbocycles. The highest BCUT2D eigenvalue weighted by Gasteiger charge is 2.44. The molecule has 0 aromatic heterocycles. The predicted molar refractivity (Wildman–Crippen MR) is 140 cm³/mol. The minimum atomic E-state index is -4.57. The molecule has 2 aliphatic rings. The molecule has 5 rings (SSSR count). The van der Waals surface area contributed by atoms with Crippen LogP contribution in [0.1, 0.15) is 59.4 Å². The smallest absolute Gasteiger partial charge is 0.280 e. The average Bonchev–Trinajstić information content (AvgIpc) is 3.50. The van der Waals surface area contributed by atoms with E-state index in [1.165, 1.54) is 11.0 Å². The SMILES string of the molecule is Cc1cc(C)cc(N2C(=O)C(/C(=N\NC(=O)C3CCCC3)c3ccccc3)c3ccc(C(F)(F)F)cc32)c1. The Kier molecular flexibility index (Phi) is 6.82. The van der Waals surface area contributed by atoms with Crippen LogP contribution in [0, 0.1) is 19.8 Å². The topological polar surface area (TPSA) is 61.8 Å². The number of halogens is 3. The zero-order chi connectivity index (χ0) is 27.0. The van der Waals surface area contributed by atoms with Crippen LogP contribution in [0.15, 0.2) is 71.8 Å². The second kappa shape index (κ2) is 10.1. The Morgan fingerprint density at radius 2 is 1.61 bits per heavy atom. The molecule has 1 heterocycles. The van der Waals surface area contributed by atoms with Gasteiger partial charge in [0.25, 0.3) is 0 Å². The minimum absolute atomic E-state index is 0.136. The van der Waals surface area contributed by atoms with E-state index in [1.54, 1.807) is 36.4 Å². The third kappa shape index (κ3) is 4.95. The molecule has 1 aliphatic carbocycles. The van der Waals surface area contributed by atoms with E-state index in [-0.39, 0.29) is 23.2 Å². The van der Waals surface area contributed by atoms with E-state index in [9.17, 15) is 22.8 Å². The molecule has 38 heavy (non-hydrogen) atoms. The van der Waals surface area contributed by atoms with Gasteiger partial charge >= 0.3 is 6.18 Å². The highest BCUT2D eigenvalue weighted by molar-refractivity contribution is 6.26. The Morgan fingerprint density at radius 3 is 2.24 bits per heavy atom. The van der Waals surface area contributed by atoms with Crippen LogP contribution in [0.4, 0.5) is 24.5 Å². The van der Waals surface area contributed by atoms with Crippen molar-refractivity contribution in [3.63, 3.8) is 0 Å². The van der Waals surface area contributed by atoms with Crippen LogP contribution in [0.25, 0.3) is 0 Å². The van der Waals surface area contributed by atoms with Crippen LogP contribution < -0.4 is 10.3 Å². The molecule has 0 bridgehead atoms. The van der Waals surface area contributed by atoms with Crippen LogP contribution in [-0.4, -0.2) is 17.5 Å². The highest BCUT2D eigenvalue weighted by atomic mass is 19.4. The van der Waals surface area contributed by atoms with Crippen molar-refractivity contribution in [2.24, 2.45) is 11.0 Å². The summed E-state index contributed by atoms with van der Waals surface area (Å²) in [5.74, 6) is -1.77. The number of hydrogen-bond acceptors (Lipinski definition) is 3. The van der Waals surface area contributed by atoms with E-state index >= 15 is 0 Å². The van der Waals surface area contributed by atoms with Crippen molar-refractivity contribution in [1.82, 2.24) is 5.43 Å². The number of alkyl halides is 3. The van der Waals surface area contributed by atoms with Crippen LogP contribution in [0.2, 0.25) is 0 Å². The van der Waals surface area contributed by atoms with Crippen molar-refractivity contribution >= 4 is 28.9 Å². The predicted octanol–water partition coefficient (Wildman–Crippen LogP) is 6.79. The fourth-order valence-corrected chi connectivity index (χ4v) is 5.45. The lowest BCUT2D eigenvalue weighted by Crippen LogP contribution is -2.32. The molecule has 1 N–H and O–H groups in total. The summed E-state index contributed by atoms with van der Waals surface area (Å²) in [5.41, 5.74) is 5.51. The van der Waals surface area contributed by atoms with E-state index in [0.29, 0.717) is 16.8 Å². The van der Waals surface area contributed by atoms with Gasteiger partial charge in [0, 0.05) is 11.6 Å². The Balaban J connectivity index is 1.65. The summed E-state index contributed by atoms with van der Waals surface area (Å²) >= 11 is 0. The standard InChI is InChI=1S/C30H28F3N3O2/c1-18-14-19(2)16-23(15-18)36-25-17-22(30(31,32)33)12-13-24(25)26(29(36)38)27(20-8-4-3-5-9-20)34-35-28(37)21-10-6-7-11-21/h3-5,8-9,12-17,21,26H,6-7,10-11H2,1-2H3,(H,35,37)/b34-27-. The molecule has 1 aliphatic heterocycles. The third-order valence-corrected chi connectivity index (χ3v) is 7.20. The van der Waals surface area contributed by atoms with E-state index in [0.717, 1.165) is 48.9 Å². The lowest BCUT2D eigenvalue weighted by molar-refractivity contribution is -0.137. The van der Waals surface area contributed by atoms with E-state index < -0.39 is 23.6 Å². The van der Waals surface area contributed by atoms with Crippen LogP contribution in [-0.2, 0) is 15.8 Å². The number of hydrazone groups is 1. The van der Waals surface area contributed by atoms with Crippen molar-refractivity contribution in [3.05, 3.63) is 94.5 Å². The zero-order valence-corrected chi connectivity index (χ0v) is 21.2. The van der Waals surface area contributed by atoms with Gasteiger partial charge in [0.2, 0.25) is 11.8 Å². The highest BCUT2D eigenvalue weighted by Crippen LogP contribution is 2.46. The molecular formula is C30H28F3N3O2. The molecular weight excluding hydrogens is 491 g/mol. The molecule has 8 heteroatoms. The minimum Gasteiger partial charge on any atom is -0.280 e. The van der Waals surface area contributed by atoms with Gasteiger partial charge in [-0.1, -0.05) is 55.3 Å². The van der Waals surface area contributed by atoms with Crippen LogP contribution in [0.5, 0.6) is 0 Å². The number of anilines is 2. The van der Waals surface area contributed by atoms with Crippen LogP contribution in [0.3, 0.4) is 0 Å². The summed E-state index contributed by atoms with van der Waals surface area (Å²) in [6.45, 7) is 3.74. The lowest BCUT2D eigenvalue weighted by atomic mass is 9.90.